The molecule has 1 heterocycles. The molecule has 0 aliphatic heterocycles. The van der Waals surface area contributed by atoms with Crippen LogP contribution in [0.1, 0.15) is 11.4 Å². The highest BCUT2D eigenvalue weighted by Gasteiger charge is 2.03. The number of aryl methyl sites for hydroxylation is 1. The molecule has 1 N–H and O–H groups in total. The molecule has 0 saturated carbocycles. The van der Waals surface area contributed by atoms with E-state index in [0.717, 1.165) is 16.5 Å². The Bertz CT molecular complexity index is 501. The van der Waals surface area contributed by atoms with E-state index in [9.17, 15) is 4.39 Å². The van der Waals surface area contributed by atoms with Crippen molar-refractivity contribution in [1.29, 1.82) is 0 Å². The molecule has 0 atom stereocenters. The molecule has 0 aliphatic rings. The fourth-order valence-electron chi connectivity index (χ4n) is 1.20. The van der Waals surface area contributed by atoms with Crippen LogP contribution in [0.15, 0.2) is 18.2 Å². The van der Waals surface area contributed by atoms with Gasteiger partial charge in [0.25, 0.3) is 0 Å². The highest BCUT2D eigenvalue weighted by molar-refractivity contribution is 7.09. The largest absolute Gasteiger partial charge is 0.356 e. The van der Waals surface area contributed by atoms with Crippen LogP contribution in [0.5, 0.6) is 0 Å². The summed E-state index contributed by atoms with van der Waals surface area (Å²) in [6.07, 6.45) is 0. The Morgan fingerprint density at radius 1 is 1.50 bits per heavy atom. The SMILES string of the molecule is Cc1nsc(NCc2ccc(F)cc2Cl)n1. The van der Waals surface area contributed by atoms with E-state index in [1.165, 1.54) is 23.7 Å². The number of aromatic nitrogens is 2. The molecule has 0 amide bonds. The molecule has 84 valence electrons. The van der Waals surface area contributed by atoms with Gasteiger partial charge in [0.2, 0.25) is 5.13 Å². The molecule has 0 saturated heterocycles. The average molecular weight is 258 g/mol. The van der Waals surface area contributed by atoms with Crippen molar-refractivity contribution >= 4 is 28.3 Å². The van der Waals surface area contributed by atoms with Gasteiger partial charge in [0.1, 0.15) is 11.6 Å². The minimum atomic E-state index is -0.333. The molecule has 2 aromatic rings. The van der Waals surface area contributed by atoms with Crippen LogP contribution in [0.4, 0.5) is 9.52 Å². The number of nitrogens with one attached hydrogen (secondary N) is 1. The monoisotopic (exact) mass is 257 g/mol. The van der Waals surface area contributed by atoms with E-state index in [4.69, 9.17) is 11.6 Å². The minimum absolute atomic E-state index is 0.333. The Morgan fingerprint density at radius 2 is 2.31 bits per heavy atom. The highest BCUT2D eigenvalue weighted by Crippen LogP contribution is 2.19. The first-order valence-electron chi connectivity index (χ1n) is 4.63. The van der Waals surface area contributed by atoms with Crippen LogP contribution in [0.3, 0.4) is 0 Å². The van der Waals surface area contributed by atoms with Crippen LogP contribution in [-0.4, -0.2) is 9.36 Å². The lowest BCUT2D eigenvalue weighted by molar-refractivity contribution is 0.627. The van der Waals surface area contributed by atoms with Gasteiger partial charge in [-0.2, -0.15) is 4.37 Å². The van der Waals surface area contributed by atoms with Gasteiger partial charge in [0.05, 0.1) is 0 Å². The van der Waals surface area contributed by atoms with Gasteiger partial charge in [-0.15, -0.1) is 0 Å². The van der Waals surface area contributed by atoms with E-state index >= 15 is 0 Å². The van der Waals surface area contributed by atoms with Crippen LogP contribution in [0.2, 0.25) is 5.02 Å². The number of rotatable bonds is 3. The summed E-state index contributed by atoms with van der Waals surface area (Å²) in [6, 6.07) is 4.33. The van der Waals surface area contributed by atoms with E-state index in [-0.39, 0.29) is 5.82 Å². The predicted octanol–water partition coefficient (Wildman–Crippen LogP) is 3.25. The molecule has 0 radical (unpaired) electrons. The number of hydrogen-bond donors (Lipinski definition) is 1. The summed E-state index contributed by atoms with van der Waals surface area (Å²) in [5.41, 5.74) is 0.830. The van der Waals surface area contributed by atoms with Crippen molar-refractivity contribution < 1.29 is 4.39 Å². The average Bonchev–Trinajstić information content (AvgIpc) is 2.63. The Morgan fingerprint density at radius 3 is 2.94 bits per heavy atom. The Kier molecular flexibility index (Phi) is 3.36. The predicted molar refractivity (Wildman–Crippen MR) is 63.4 cm³/mol. The zero-order valence-electron chi connectivity index (χ0n) is 8.50. The summed E-state index contributed by atoms with van der Waals surface area (Å²) in [4.78, 5) is 4.15. The van der Waals surface area contributed by atoms with Crippen molar-refractivity contribution in [1.82, 2.24) is 9.36 Å². The third-order valence-electron chi connectivity index (χ3n) is 1.97. The molecule has 0 fully saturated rings. The van der Waals surface area contributed by atoms with Crippen LogP contribution in [0, 0.1) is 12.7 Å². The number of halogens is 2. The lowest BCUT2D eigenvalue weighted by atomic mass is 10.2. The lowest BCUT2D eigenvalue weighted by Gasteiger charge is -2.04. The summed E-state index contributed by atoms with van der Waals surface area (Å²) in [5.74, 6) is 0.401. The lowest BCUT2D eigenvalue weighted by Crippen LogP contribution is -1.99. The first kappa shape index (κ1) is 11.3. The van der Waals surface area contributed by atoms with E-state index in [1.807, 2.05) is 6.92 Å². The van der Waals surface area contributed by atoms with Gasteiger partial charge >= 0.3 is 0 Å². The van der Waals surface area contributed by atoms with Gasteiger partial charge in [0, 0.05) is 23.1 Å². The summed E-state index contributed by atoms with van der Waals surface area (Å²) in [7, 11) is 0. The van der Waals surface area contributed by atoms with Gasteiger partial charge in [-0.25, -0.2) is 9.37 Å². The summed E-state index contributed by atoms with van der Waals surface area (Å²) in [6.45, 7) is 2.33. The molecule has 0 bridgehead atoms. The molecule has 3 nitrogen and oxygen atoms in total. The maximum Gasteiger partial charge on any atom is 0.202 e. The zero-order chi connectivity index (χ0) is 11.5. The van der Waals surface area contributed by atoms with Crippen molar-refractivity contribution in [3.63, 3.8) is 0 Å². The standard InChI is InChI=1S/C10H9ClFN3S/c1-6-14-10(16-15-6)13-5-7-2-3-8(12)4-9(7)11/h2-4H,5H2,1H3,(H,13,14,15). The van der Waals surface area contributed by atoms with Crippen molar-refractivity contribution in [2.75, 3.05) is 5.32 Å². The molecular formula is C10H9ClFN3S. The summed E-state index contributed by atoms with van der Waals surface area (Å²) >= 11 is 7.18. The number of anilines is 1. The topological polar surface area (TPSA) is 37.8 Å². The second-order valence-electron chi connectivity index (χ2n) is 3.24. The molecule has 1 aromatic carbocycles. The Hall–Kier alpha value is -1.20. The van der Waals surface area contributed by atoms with E-state index in [1.54, 1.807) is 6.07 Å². The van der Waals surface area contributed by atoms with Gasteiger partial charge < -0.3 is 5.32 Å². The van der Waals surface area contributed by atoms with Crippen LogP contribution in [0.25, 0.3) is 0 Å². The second kappa shape index (κ2) is 4.76. The summed E-state index contributed by atoms with van der Waals surface area (Å²) < 4.78 is 16.8. The van der Waals surface area contributed by atoms with Crippen molar-refractivity contribution in [3.05, 3.63) is 40.4 Å². The molecule has 6 heteroatoms. The molecule has 0 aliphatic carbocycles. The van der Waals surface area contributed by atoms with Crippen LogP contribution < -0.4 is 5.32 Å². The molecule has 2 rings (SSSR count). The van der Waals surface area contributed by atoms with Gasteiger partial charge in [-0.05, 0) is 24.6 Å². The van der Waals surface area contributed by atoms with Gasteiger partial charge in [0.15, 0.2) is 0 Å². The highest BCUT2D eigenvalue weighted by atomic mass is 35.5. The fraction of sp³-hybridized carbons (Fsp3) is 0.200. The van der Waals surface area contributed by atoms with Gasteiger partial charge in [-0.3, -0.25) is 0 Å². The third-order valence-corrected chi connectivity index (χ3v) is 3.09. The quantitative estimate of drug-likeness (QED) is 0.917. The van der Waals surface area contributed by atoms with Crippen molar-refractivity contribution in [3.8, 4) is 0 Å². The Labute approximate surface area is 101 Å². The number of nitrogens with zero attached hydrogens (tertiary/aromatic N) is 2. The van der Waals surface area contributed by atoms with Crippen molar-refractivity contribution in [2.45, 2.75) is 13.5 Å². The van der Waals surface area contributed by atoms with E-state index < -0.39 is 0 Å². The minimum Gasteiger partial charge on any atom is -0.356 e. The zero-order valence-corrected chi connectivity index (χ0v) is 10.1. The normalized spacial score (nSPS) is 10.4. The first-order valence-corrected chi connectivity index (χ1v) is 5.78. The maximum absolute atomic E-state index is 12.8. The molecule has 1 aromatic heterocycles. The van der Waals surface area contributed by atoms with Crippen LogP contribution >= 0.6 is 23.1 Å². The molecule has 0 spiro atoms. The Balaban J connectivity index is 2.04. The number of hydrogen-bond acceptors (Lipinski definition) is 4. The first-order chi connectivity index (χ1) is 7.65. The van der Waals surface area contributed by atoms with Crippen LogP contribution in [-0.2, 0) is 6.54 Å². The molecule has 16 heavy (non-hydrogen) atoms. The molecule has 0 unspecified atom stereocenters. The van der Waals surface area contributed by atoms with E-state index in [0.29, 0.717) is 11.6 Å². The van der Waals surface area contributed by atoms with Gasteiger partial charge in [-0.1, -0.05) is 17.7 Å². The molecular weight excluding hydrogens is 249 g/mol. The second-order valence-corrected chi connectivity index (χ2v) is 4.40. The number of benzene rings is 1. The summed E-state index contributed by atoms with van der Waals surface area (Å²) in [5, 5.41) is 4.23. The fourth-order valence-corrected chi connectivity index (χ4v) is 2.01. The smallest absolute Gasteiger partial charge is 0.202 e. The maximum atomic E-state index is 12.8. The van der Waals surface area contributed by atoms with E-state index in [2.05, 4.69) is 14.7 Å². The van der Waals surface area contributed by atoms with Crippen molar-refractivity contribution in [2.24, 2.45) is 0 Å². The third kappa shape index (κ3) is 2.68.